The first kappa shape index (κ1) is 20.4. The second-order valence-corrected chi connectivity index (χ2v) is 10.8. The van der Waals surface area contributed by atoms with E-state index in [2.05, 4.69) is 6.92 Å². The summed E-state index contributed by atoms with van der Waals surface area (Å²) in [7, 11) is 0. The van der Waals surface area contributed by atoms with Crippen LogP contribution in [0, 0.1) is 39.9 Å². The van der Waals surface area contributed by atoms with Crippen LogP contribution in [0.25, 0.3) is 0 Å². The van der Waals surface area contributed by atoms with Gasteiger partial charge in [0.15, 0.2) is 11.6 Å². The Balaban J connectivity index is 1.67. The lowest BCUT2D eigenvalue weighted by Gasteiger charge is -2.60. The summed E-state index contributed by atoms with van der Waals surface area (Å²) < 4.78 is 11.1. The summed E-state index contributed by atoms with van der Waals surface area (Å²) in [5, 5.41) is 0. The van der Waals surface area contributed by atoms with E-state index in [0.717, 1.165) is 23.8 Å². The number of furan rings is 1. The predicted molar refractivity (Wildman–Crippen MR) is 110 cm³/mol. The minimum Gasteiger partial charge on any atom is -0.472 e. The fourth-order valence-electron chi connectivity index (χ4n) is 7.27. The summed E-state index contributed by atoms with van der Waals surface area (Å²) in [5.74, 6) is -2.48. The van der Waals surface area contributed by atoms with Gasteiger partial charge in [-0.1, -0.05) is 39.3 Å². The van der Waals surface area contributed by atoms with Crippen LogP contribution >= 0.6 is 0 Å². The van der Waals surface area contributed by atoms with E-state index in [9.17, 15) is 19.2 Å². The van der Waals surface area contributed by atoms with Crippen LogP contribution in [0.5, 0.6) is 0 Å². The Hall–Kier alpha value is -2.50. The predicted octanol–water partition coefficient (Wildman–Crippen LogP) is 3.86. The number of carbonyl (C=O) groups is 4. The number of Topliss-reactive ketones (excluding diaryl/α,β-unsaturated/α-hetero) is 2. The molecule has 0 unspecified atom stereocenters. The molecule has 1 aliphatic heterocycles. The first-order valence-corrected chi connectivity index (χ1v) is 11.0. The molecule has 3 aliphatic carbocycles. The van der Waals surface area contributed by atoms with Crippen molar-refractivity contribution in [2.45, 2.75) is 53.1 Å². The van der Waals surface area contributed by atoms with Gasteiger partial charge < -0.3 is 13.9 Å². The number of aldehydes is 1. The Morgan fingerprint density at radius 3 is 2.45 bits per heavy atom. The van der Waals surface area contributed by atoms with Crippen LogP contribution in [0.1, 0.15) is 58.6 Å². The smallest absolute Gasteiger partial charge is 0.307 e. The van der Waals surface area contributed by atoms with Crippen molar-refractivity contribution < 1.29 is 28.3 Å². The van der Waals surface area contributed by atoms with Gasteiger partial charge in [-0.05, 0) is 30.7 Å². The van der Waals surface area contributed by atoms with E-state index in [1.807, 2.05) is 19.1 Å². The second-order valence-electron chi connectivity index (χ2n) is 10.8. The van der Waals surface area contributed by atoms with E-state index in [-0.39, 0.29) is 41.2 Å². The van der Waals surface area contributed by atoms with Crippen LogP contribution in [0.3, 0.4) is 0 Å². The number of esters is 1. The summed E-state index contributed by atoms with van der Waals surface area (Å²) in [4.78, 5) is 51.7. The third-order valence-corrected chi connectivity index (χ3v) is 9.01. The number of hydrogen-bond donors (Lipinski definition) is 0. The van der Waals surface area contributed by atoms with Gasteiger partial charge in [0.1, 0.15) is 12.4 Å². The summed E-state index contributed by atoms with van der Waals surface area (Å²) in [6.07, 6.45) is 7.05. The van der Waals surface area contributed by atoms with Gasteiger partial charge in [0.05, 0.1) is 24.9 Å². The number of cyclic esters (lactones) is 1. The van der Waals surface area contributed by atoms with Gasteiger partial charge >= 0.3 is 5.97 Å². The van der Waals surface area contributed by atoms with Crippen LogP contribution in [0.15, 0.2) is 34.7 Å². The summed E-state index contributed by atoms with van der Waals surface area (Å²) in [6, 6.07) is 1.82. The lowest BCUT2D eigenvalue weighted by atomic mass is 9.41. The van der Waals surface area contributed by atoms with Crippen molar-refractivity contribution in [2.75, 3.05) is 0 Å². The number of ether oxygens (including phenoxy) is 1. The van der Waals surface area contributed by atoms with Crippen molar-refractivity contribution in [1.82, 2.24) is 0 Å². The van der Waals surface area contributed by atoms with Crippen LogP contribution in [0.4, 0.5) is 0 Å². The highest BCUT2D eigenvalue weighted by molar-refractivity contribution is 6.14. The topological polar surface area (TPSA) is 90.7 Å². The summed E-state index contributed by atoms with van der Waals surface area (Å²) >= 11 is 0. The largest absolute Gasteiger partial charge is 0.472 e. The molecule has 5 rings (SSSR count). The molecule has 6 heteroatoms. The molecule has 7 atom stereocenters. The molecule has 2 bridgehead atoms. The SMILES string of the molecule is CC1(C)C(=O)[C@@H]2C=C3[C@@H]4CC(=O)O[C@@H](c5ccoc5)[C@]4(C)CC[C@@H]3[C@@](C)(C2=O)[C@H]1C=O. The minimum atomic E-state index is -0.943. The molecular weight excluding hydrogens is 396 g/mol. The van der Waals surface area contributed by atoms with Gasteiger partial charge in [-0.3, -0.25) is 14.4 Å². The Morgan fingerprint density at radius 1 is 1.06 bits per heavy atom. The van der Waals surface area contributed by atoms with Crippen molar-refractivity contribution in [3.8, 4) is 0 Å². The molecule has 31 heavy (non-hydrogen) atoms. The number of allylic oxidation sites excluding steroid dienone is 2. The third-order valence-electron chi connectivity index (χ3n) is 9.01. The molecule has 4 aliphatic rings. The number of ketones is 2. The average Bonchev–Trinajstić information content (AvgIpc) is 3.24. The fraction of sp³-hybridized carbons (Fsp3) is 0.600. The molecule has 0 radical (unpaired) electrons. The van der Waals surface area contributed by atoms with E-state index in [0.29, 0.717) is 6.42 Å². The van der Waals surface area contributed by atoms with E-state index in [4.69, 9.17) is 9.15 Å². The molecule has 2 saturated carbocycles. The maximum Gasteiger partial charge on any atom is 0.307 e. The third kappa shape index (κ3) is 2.39. The van der Waals surface area contributed by atoms with Crippen molar-refractivity contribution in [3.05, 3.63) is 35.8 Å². The zero-order valence-electron chi connectivity index (χ0n) is 18.3. The number of hydrogen-bond acceptors (Lipinski definition) is 6. The van der Waals surface area contributed by atoms with E-state index in [1.165, 1.54) is 0 Å². The molecule has 0 amide bonds. The fourth-order valence-corrected chi connectivity index (χ4v) is 7.27. The Bertz CT molecular complexity index is 1020. The first-order chi connectivity index (χ1) is 14.6. The molecule has 6 nitrogen and oxygen atoms in total. The van der Waals surface area contributed by atoms with Crippen LogP contribution < -0.4 is 0 Å². The monoisotopic (exact) mass is 424 g/mol. The normalized spacial score (nSPS) is 43.4. The summed E-state index contributed by atoms with van der Waals surface area (Å²) in [6.45, 7) is 7.55. The van der Waals surface area contributed by atoms with Crippen LogP contribution in [-0.4, -0.2) is 23.8 Å². The highest BCUT2D eigenvalue weighted by atomic mass is 16.5. The zero-order chi connectivity index (χ0) is 22.3. The molecule has 0 aromatic carbocycles. The van der Waals surface area contributed by atoms with E-state index >= 15 is 0 Å². The van der Waals surface area contributed by atoms with Gasteiger partial charge in [-0.2, -0.15) is 0 Å². The van der Waals surface area contributed by atoms with E-state index in [1.54, 1.807) is 26.4 Å². The van der Waals surface area contributed by atoms with Gasteiger partial charge in [0, 0.05) is 27.7 Å². The molecule has 1 aromatic heterocycles. The molecular formula is C25H28O6. The first-order valence-electron chi connectivity index (χ1n) is 11.0. The standard InChI is InChI=1S/C25H28O6/c1-23(2)18(11-26)25(4)16-5-7-24(3)17(14(16)9-15(20(23)28)21(25)29)10-19(27)31-22(24)13-6-8-30-12-13/h6,8-9,11-12,15-18,22H,5,7,10H2,1-4H3/t15-,16-,17-,18-,22-,24+,25+/m0/s1. The van der Waals surface area contributed by atoms with Crippen molar-refractivity contribution >= 4 is 23.8 Å². The molecule has 1 saturated heterocycles. The molecule has 1 aromatic rings. The molecule has 0 N–H and O–H groups in total. The molecule has 2 heterocycles. The Kier molecular flexibility index (Phi) is 4.13. The molecule has 164 valence electrons. The van der Waals surface area contributed by atoms with Gasteiger partial charge in [-0.15, -0.1) is 0 Å². The molecule has 0 spiro atoms. The van der Waals surface area contributed by atoms with Gasteiger partial charge in [-0.25, -0.2) is 0 Å². The van der Waals surface area contributed by atoms with Gasteiger partial charge in [0.25, 0.3) is 0 Å². The van der Waals surface area contributed by atoms with Gasteiger partial charge in [0.2, 0.25) is 0 Å². The minimum absolute atomic E-state index is 0.143. The highest BCUT2D eigenvalue weighted by Crippen LogP contribution is 2.66. The van der Waals surface area contributed by atoms with E-state index < -0.39 is 28.8 Å². The average molecular weight is 424 g/mol. The number of carbonyl (C=O) groups excluding carboxylic acids is 4. The van der Waals surface area contributed by atoms with Crippen LogP contribution in [0.2, 0.25) is 0 Å². The Labute approximate surface area is 181 Å². The van der Waals surface area contributed by atoms with Crippen molar-refractivity contribution in [1.29, 1.82) is 0 Å². The lowest BCUT2D eigenvalue weighted by Crippen LogP contribution is -2.64. The van der Waals surface area contributed by atoms with Crippen molar-refractivity contribution in [3.63, 3.8) is 0 Å². The second kappa shape index (κ2) is 6.27. The number of rotatable bonds is 2. The Morgan fingerprint density at radius 2 is 1.81 bits per heavy atom. The maximum atomic E-state index is 13.5. The molecule has 3 fully saturated rings. The summed E-state index contributed by atoms with van der Waals surface area (Å²) in [5.41, 5.74) is -0.410. The highest BCUT2D eigenvalue weighted by Gasteiger charge is 2.67. The number of fused-ring (bicyclic) bond motifs is 6. The van der Waals surface area contributed by atoms with Crippen LogP contribution in [-0.2, 0) is 23.9 Å². The zero-order valence-corrected chi connectivity index (χ0v) is 18.3. The maximum absolute atomic E-state index is 13.5. The lowest BCUT2D eigenvalue weighted by molar-refractivity contribution is -0.182. The quantitative estimate of drug-likeness (QED) is 0.310. The van der Waals surface area contributed by atoms with Crippen molar-refractivity contribution in [2.24, 2.45) is 39.9 Å².